The molecular weight excluding hydrogens is 1220 g/mol. The van der Waals surface area contributed by atoms with Gasteiger partial charge in [0.2, 0.25) is 0 Å². The van der Waals surface area contributed by atoms with Crippen LogP contribution in [0.5, 0.6) is 0 Å². The van der Waals surface area contributed by atoms with Crippen molar-refractivity contribution < 1.29 is 35.4 Å². The Bertz CT molecular complexity index is 3280. The Labute approximate surface area is 569 Å². The van der Waals surface area contributed by atoms with E-state index in [0.717, 1.165) is 40.3 Å². The average molecular weight is 1300 g/mol. The summed E-state index contributed by atoms with van der Waals surface area (Å²) >= 11 is 7.23. The maximum absolute atomic E-state index is 11.4. The number of benzene rings is 12. The Balaban J connectivity index is 0.000000171. The lowest BCUT2D eigenvalue weighted by Gasteiger charge is -2.35. The van der Waals surface area contributed by atoms with Crippen LogP contribution in [-0.2, 0) is 25.5 Å². The van der Waals surface area contributed by atoms with Crippen molar-refractivity contribution in [1.82, 2.24) is 0 Å². The third-order valence-electron chi connectivity index (χ3n) is 15.2. The van der Waals surface area contributed by atoms with Gasteiger partial charge in [-0.25, -0.2) is 0 Å². The highest BCUT2D eigenvalue weighted by atomic mass is 32.2. The van der Waals surface area contributed by atoms with Crippen LogP contribution in [0.3, 0.4) is 0 Å². The van der Waals surface area contributed by atoms with Crippen LogP contribution >= 0.6 is 36.2 Å². The van der Waals surface area contributed by atoms with E-state index in [1.807, 2.05) is 218 Å². The monoisotopic (exact) mass is 1300 g/mol. The number of thioether (sulfide) groups is 2. The van der Waals surface area contributed by atoms with Gasteiger partial charge >= 0.3 is 0 Å². The zero-order valence-corrected chi connectivity index (χ0v) is 55.3. The molecule has 0 aliphatic heterocycles. The summed E-state index contributed by atoms with van der Waals surface area (Å²) < 4.78 is -0.626. The van der Waals surface area contributed by atoms with Gasteiger partial charge in [0.05, 0.1) is 29.3 Å². The van der Waals surface area contributed by atoms with Gasteiger partial charge in [-0.15, -0.1) is 23.5 Å². The van der Waals surface area contributed by atoms with E-state index in [1.165, 1.54) is 33.4 Å². The molecule has 478 valence electrons. The molecule has 94 heavy (non-hydrogen) atoms. The topological polar surface area (TPSA) is 138 Å². The number of aliphatic carboxylic acids is 1. The van der Waals surface area contributed by atoms with Crippen LogP contribution in [0.1, 0.15) is 73.7 Å². The third kappa shape index (κ3) is 19.3. The Morgan fingerprint density at radius 2 is 0.394 bits per heavy atom. The van der Waals surface area contributed by atoms with Crippen LogP contribution in [0.2, 0.25) is 0 Å². The predicted octanol–water partition coefficient (Wildman–Crippen LogP) is 17.3. The maximum Gasteiger partial charge on any atom is 0.300 e. The molecule has 0 fully saturated rings. The molecular formula is C84H82O7S3. The zero-order chi connectivity index (χ0) is 66.6. The lowest BCUT2D eigenvalue weighted by Crippen LogP contribution is -2.28. The number of thiol groups is 1. The SMILES string of the molecule is CC(=O)O.OC(c1ccccc1)(c1ccccc1)c1ccccc1.OC(c1ccccc1)(c1ccccc1)c1ccccc1.OCCS.OCCSC(c1ccccc1)(c1ccccc1)c1ccccc1.OCCSC(c1ccccc1)(c1ccccc1)c1ccccc1. The number of carboxylic acids is 1. The molecule has 0 aliphatic rings. The second kappa shape index (κ2) is 38.8. The quantitative estimate of drug-likeness (QED) is 0.0312. The Kier molecular flexibility index (Phi) is 29.9. The minimum atomic E-state index is -1.12. The summed E-state index contributed by atoms with van der Waals surface area (Å²) in [7, 11) is 0. The molecule has 12 aromatic carbocycles. The van der Waals surface area contributed by atoms with E-state index < -0.39 is 17.2 Å². The first kappa shape index (κ1) is 72.4. The van der Waals surface area contributed by atoms with Crippen LogP contribution < -0.4 is 0 Å². The zero-order valence-electron chi connectivity index (χ0n) is 52.7. The second-order valence-corrected chi connectivity index (χ2v) is 24.4. The number of hydrogen-bond donors (Lipinski definition) is 7. The molecule has 10 heteroatoms. The van der Waals surface area contributed by atoms with E-state index in [-0.39, 0.29) is 29.3 Å². The Morgan fingerprint density at radius 3 is 0.500 bits per heavy atom. The van der Waals surface area contributed by atoms with Crippen molar-refractivity contribution >= 4 is 42.1 Å². The number of hydrogen-bond acceptors (Lipinski definition) is 9. The smallest absolute Gasteiger partial charge is 0.300 e. The van der Waals surface area contributed by atoms with Gasteiger partial charge in [-0.1, -0.05) is 364 Å². The molecule has 12 rings (SSSR count). The summed E-state index contributed by atoms with van der Waals surface area (Å²) in [5, 5.41) is 57.0. The van der Waals surface area contributed by atoms with Crippen LogP contribution in [-0.4, -0.2) is 73.7 Å². The van der Waals surface area contributed by atoms with Crippen molar-refractivity contribution in [2.75, 3.05) is 37.1 Å². The number of carbonyl (C=O) groups is 1. The first-order chi connectivity index (χ1) is 46.0. The molecule has 0 heterocycles. The van der Waals surface area contributed by atoms with Crippen molar-refractivity contribution in [3.8, 4) is 0 Å². The highest BCUT2D eigenvalue weighted by molar-refractivity contribution is 8.00. The molecule has 0 aliphatic carbocycles. The summed E-state index contributed by atoms with van der Waals surface area (Å²) in [5.41, 5.74) is 10.4. The van der Waals surface area contributed by atoms with Crippen molar-refractivity contribution in [1.29, 1.82) is 0 Å². The molecule has 0 unspecified atom stereocenters. The lowest BCUT2D eigenvalue weighted by atomic mass is 9.80. The standard InChI is InChI=1S/2C21H20OS.2C19H16O.C2H4O2.C2H6OS/c2*22-16-17-23-21(18-10-4-1-5-11-18,19-12-6-2-7-13-19)20-14-8-3-9-15-20;2*20-19(16-10-4-1-5-11-16,17-12-6-2-7-13-17)18-14-8-3-9-15-18;1-2(3)4;3-1-2-4/h2*1-15,22H,16-17H2;2*1-15,20H;1H3,(H,3,4);3-4H,1-2H2. The van der Waals surface area contributed by atoms with E-state index in [0.29, 0.717) is 17.3 Å². The summed E-state index contributed by atoms with van der Waals surface area (Å²) in [4.78, 5) is 9.00. The van der Waals surface area contributed by atoms with Crippen LogP contribution in [0.25, 0.3) is 0 Å². The van der Waals surface area contributed by atoms with E-state index in [9.17, 15) is 20.4 Å². The number of rotatable bonds is 19. The fourth-order valence-electron chi connectivity index (χ4n) is 11.0. The molecule has 0 atom stereocenters. The summed E-state index contributed by atoms with van der Waals surface area (Å²) in [6.07, 6.45) is 0. The molecule has 0 saturated heterocycles. The van der Waals surface area contributed by atoms with Gasteiger partial charge in [-0.3, -0.25) is 4.79 Å². The largest absolute Gasteiger partial charge is 0.481 e. The highest BCUT2D eigenvalue weighted by Gasteiger charge is 2.39. The van der Waals surface area contributed by atoms with Crippen molar-refractivity contribution in [3.63, 3.8) is 0 Å². The first-order valence-corrected chi connectivity index (χ1v) is 33.7. The van der Waals surface area contributed by atoms with Crippen LogP contribution in [0.15, 0.2) is 364 Å². The van der Waals surface area contributed by atoms with Crippen molar-refractivity contribution in [3.05, 3.63) is 431 Å². The van der Waals surface area contributed by atoms with Crippen molar-refractivity contribution in [2.24, 2.45) is 0 Å². The van der Waals surface area contributed by atoms with E-state index in [4.69, 9.17) is 15.0 Å². The third-order valence-corrected chi connectivity index (χ3v) is 18.4. The number of carboxylic acid groups (broad SMARTS) is 1. The molecule has 0 aromatic heterocycles. The van der Waals surface area contributed by atoms with E-state index >= 15 is 0 Å². The Morgan fingerprint density at radius 1 is 0.277 bits per heavy atom. The van der Waals surface area contributed by atoms with E-state index in [2.05, 4.69) is 158 Å². The molecule has 0 saturated carbocycles. The second-order valence-electron chi connectivity index (χ2n) is 21.3. The fourth-order valence-corrected chi connectivity index (χ4v) is 13.6. The molecule has 0 amide bonds. The normalized spacial score (nSPS) is 10.9. The molecule has 6 N–H and O–H groups in total. The van der Waals surface area contributed by atoms with Crippen molar-refractivity contribution in [2.45, 2.75) is 27.6 Å². The van der Waals surface area contributed by atoms with Gasteiger partial charge in [-0.05, 0) is 66.8 Å². The fraction of sp³-hybridized carbons (Fsp3) is 0.131. The minimum absolute atomic E-state index is 0.166. The lowest BCUT2D eigenvalue weighted by molar-refractivity contribution is -0.134. The predicted molar refractivity (Wildman–Crippen MR) is 395 cm³/mol. The average Bonchev–Trinajstić information content (AvgIpc) is 0.799. The van der Waals surface area contributed by atoms with Gasteiger partial charge in [0, 0.05) is 24.2 Å². The number of aliphatic hydroxyl groups excluding tert-OH is 3. The highest BCUT2D eigenvalue weighted by Crippen LogP contribution is 2.50. The molecule has 0 radical (unpaired) electrons. The minimum Gasteiger partial charge on any atom is -0.481 e. The molecule has 0 bridgehead atoms. The van der Waals surface area contributed by atoms with Crippen LogP contribution in [0, 0.1) is 0 Å². The maximum atomic E-state index is 11.4. The molecule has 12 aromatic rings. The summed E-state index contributed by atoms with van der Waals surface area (Å²) in [6.45, 7) is 1.60. The summed E-state index contributed by atoms with van der Waals surface area (Å²) in [5.74, 6) is 1.09. The van der Waals surface area contributed by atoms with E-state index in [1.54, 1.807) is 23.5 Å². The molecule has 7 nitrogen and oxygen atoms in total. The summed E-state index contributed by atoms with van der Waals surface area (Å²) in [6, 6.07) is 122. The number of aliphatic hydroxyl groups is 5. The van der Waals surface area contributed by atoms with Gasteiger partial charge in [0.1, 0.15) is 11.2 Å². The van der Waals surface area contributed by atoms with Gasteiger partial charge in [-0.2, -0.15) is 12.6 Å². The Hall–Kier alpha value is -9.04. The van der Waals surface area contributed by atoms with Gasteiger partial charge in [0.25, 0.3) is 5.97 Å². The first-order valence-electron chi connectivity index (χ1n) is 31.1. The van der Waals surface area contributed by atoms with Gasteiger partial charge in [0.15, 0.2) is 0 Å². The molecule has 0 spiro atoms. The van der Waals surface area contributed by atoms with Gasteiger partial charge < -0.3 is 30.6 Å². The van der Waals surface area contributed by atoms with Crippen LogP contribution in [0.4, 0.5) is 0 Å².